The topological polar surface area (TPSA) is 121 Å². The number of rotatable bonds is 6. The van der Waals surface area contributed by atoms with E-state index in [0.29, 0.717) is 18.7 Å². The minimum atomic E-state index is -0.946. The van der Waals surface area contributed by atoms with Crippen LogP contribution in [0.5, 0.6) is 0 Å². The minimum absolute atomic E-state index is 0.122. The lowest BCUT2D eigenvalue weighted by molar-refractivity contribution is -0.142. The molecule has 2 heterocycles. The quantitative estimate of drug-likeness (QED) is 0.689. The van der Waals surface area contributed by atoms with E-state index in [9.17, 15) is 4.79 Å². The van der Waals surface area contributed by atoms with E-state index in [0.717, 1.165) is 0 Å². The van der Waals surface area contributed by atoms with Crippen molar-refractivity contribution in [3.8, 4) is 0 Å². The van der Waals surface area contributed by atoms with Crippen molar-refractivity contribution >= 4 is 30.4 Å². The number of hydrogen-bond donors (Lipinski definition) is 3. The monoisotopic (exact) mass is 302 g/mol. The van der Waals surface area contributed by atoms with Crippen LogP contribution in [0, 0.1) is 15.6 Å². The number of aliphatic carboxylic acids is 1. The Hall–Kier alpha value is -1.81. The van der Waals surface area contributed by atoms with Crippen molar-refractivity contribution in [1.82, 2.24) is 20.4 Å². The molecule has 0 saturated heterocycles. The van der Waals surface area contributed by atoms with Gasteiger partial charge in [-0.25, -0.2) is 10.2 Å². The summed E-state index contributed by atoms with van der Waals surface area (Å²) in [6.07, 6.45) is 0.830. The van der Waals surface area contributed by atoms with Gasteiger partial charge in [0.15, 0.2) is 0 Å². The van der Waals surface area contributed by atoms with E-state index in [1.807, 2.05) is 0 Å². The number of H-pyrrole nitrogens is 2. The van der Waals surface area contributed by atoms with Crippen LogP contribution in [-0.4, -0.2) is 31.5 Å². The average Bonchev–Trinajstić information content (AvgIpc) is 2.93. The first-order valence-electron chi connectivity index (χ1n) is 5.36. The first-order valence-corrected chi connectivity index (χ1v) is 6.18. The van der Waals surface area contributed by atoms with E-state index in [1.54, 1.807) is 0 Å². The maximum atomic E-state index is 11.2. The van der Waals surface area contributed by atoms with Crippen LogP contribution in [0.1, 0.15) is 18.2 Å². The molecule has 0 aromatic carbocycles. The standard InChI is InChI=1S/C9H10N4O4S2/c14-7(15)4(3-6-11-13-9(19)17-6)1-2-5-10-12-8(18)16-5/h4H,1-3H2,(H,12,18)(H,13,19)(H,14,15). The number of carboxylic acids is 1. The van der Waals surface area contributed by atoms with Gasteiger partial charge < -0.3 is 13.9 Å². The molecular formula is C9H10N4O4S2. The fourth-order valence-electron chi connectivity index (χ4n) is 1.54. The fraction of sp³-hybridized carbons (Fsp3) is 0.444. The van der Waals surface area contributed by atoms with Crippen LogP contribution in [0.2, 0.25) is 0 Å². The molecule has 0 amide bonds. The van der Waals surface area contributed by atoms with Gasteiger partial charge in [0.2, 0.25) is 11.8 Å². The van der Waals surface area contributed by atoms with Crippen LogP contribution in [-0.2, 0) is 17.6 Å². The van der Waals surface area contributed by atoms with Crippen molar-refractivity contribution in [2.75, 3.05) is 0 Å². The van der Waals surface area contributed by atoms with Crippen molar-refractivity contribution in [3.63, 3.8) is 0 Å². The van der Waals surface area contributed by atoms with Crippen LogP contribution < -0.4 is 0 Å². The molecule has 8 nitrogen and oxygen atoms in total. The summed E-state index contributed by atoms with van der Waals surface area (Å²) in [4.78, 5) is 11.4. The van der Waals surface area contributed by atoms with Crippen molar-refractivity contribution in [1.29, 1.82) is 0 Å². The Balaban J connectivity index is 1.98. The van der Waals surface area contributed by atoms with Crippen molar-refractivity contribution in [3.05, 3.63) is 21.5 Å². The number of carbonyl (C=O) groups is 1. The molecule has 2 aromatic heterocycles. The molecule has 0 radical (unpaired) electrons. The van der Waals surface area contributed by atoms with Gasteiger partial charge in [-0.05, 0) is 30.9 Å². The van der Waals surface area contributed by atoms with Gasteiger partial charge in [-0.1, -0.05) is 0 Å². The van der Waals surface area contributed by atoms with Gasteiger partial charge in [-0.15, -0.1) is 10.2 Å². The van der Waals surface area contributed by atoms with Crippen molar-refractivity contribution < 1.29 is 18.7 Å². The highest BCUT2D eigenvalue weighted by Crippen LogP contribution is 2.14. The molecule has 0 bridgehead atoms. The molecule has 1 atom stereocenters. The normalized spacial score (nSPS) is 12.4. The Morgan fingerprint density at radius 2 is 1.79 bits per heavy atom. The molecule has 102 valence electrons. The van der Waals surface area contributed by atoms with E-state index in [4.69, 9.17) is 38.4 Å². The predicted molar refractivity (Wildman–Crippen MR) is 66.5 cm³/mol. The molecule has 19 heavy (non-hydrogen) atoms. The first kappa shape index (κ1) is 13.6. The van der Waals surface area contributed by atoms with E-state index >= 15 is 0 Å². The van der Waals surface area contributed by atoms with Crippen molar-refractivity contribution in [2.24, 2.45) is 5.92 Å². The molecule has 0 aliphatic rings. The second-order valence-corrected chi connectivity index (χ2v) is 4.53. The summed E-state index contributed by atoms with van der Waals surface area (Å²) in [5.41, 5.74) is 0. The molecule has 0 aliphatic heterocycles. The highest BCUT2D eigenvalue weighted by molar-refractivity contribution is 7.71. The van der Waals surface area contributed by atoms with Gasteiger partial charge in [0, 0.05) is 12.8 Å². The number of aryl methyl sites for hydroxylation is 1. The Morgan fingerprint density at radius 3 is 2.26 bits per heavy atom. The number of hydrogen-bond acceptors (Lipinski definition) is 7. The smallest absolute Gasteiger partial charge is 0.307 e. The molecule has 3 N–H and O–H groups in total. The Morgan fingerprint density at radius 1 is 1.21 bits per heavy atom. The van der Waals surface area contributed by atoms with E-state index in [-0.39, 0.29) is 22.0 Å². The maximum Gasteiger partial charge on any atom is 0.307 e. The molecule has 1 unspecified atom stereocenters. The van der Waals surface area contributed by atoms with Gasteiger partial charge >= 0.3 is 5.97 Å². The second-order valence-electron chi connectivity index (χ2n) is 3.79. The average molecular weight is 302 g/mol. The Bertz CT molecular complexity index is 670. The van der Waals surface area contributed by atoms with Gasteiger partial charge in [0.05, 0.1) is 5.92 Å². The fourth-order valence-corrected chi connectivity index (χ4v) is 1.82. The first-order chi connectivity index (χ1) is 9.04. The zero-order valence-corrected chi connectivity index (χ0v) is 11.2. The highest BCUT2D eigenvalue weighted by atomic mass is 32.1. The van der Waals surface area contributed by atoms with Gasteiger partial charge in [-0.3, -0.25) is 4.79 Å². The molecular weight excluding hydrogens is 292 g/mol. The highest BCUT2D eigenvalue weighted by Gasteiger charge is 2.21. The molecule has 2 rings (SSSR count). The summed E-state index contributed by atoms with van der Waals surface area (Å²) in [5.74, 6) is -0.973. The number of carboxylic acid groups (broad SMARTS) is 1. The molecule has 0 fully saturated rings. The summed E-state index contributed by atoms with van der Waals surface area (Å²) in [6, 6.07) is 0. The lowest BCUT2D eigenvalue weighted by atomic mass is 9.99. The molecule has 10 heteroatoms. The minimum Gasteiger partial charge on any atom is -0.481 e. The lowest BCUT2D eigenvalue weighted by Crippen LogP contribution is -2.17. The van der Waals surface area contributed by atoms with Crippen LogP contribution in [0.15, 0.2) is 8.83 Å². The summed E-state index contributed by atoms with van der Waals surface area (Å²) < 4.78 is 10.1. The summed E-state index contributed by atoms with van der Waals surface area (Å²) >= 11 is 9.45. The zero-order chi connectivity index (χ0) is 13.8. The van der Waals surface area contributed by atoms with Gasteiger partial charge in [-0.2, -0.15) is 0 Å². The summed E-state index contributed by atoms with van der Waals surface area (Å²) in [6.45, 7) is 0. The summed E-state index contributed by atoms with van der Waals surface area (Å²) in [5, 5.41) is 21.6. The van der Waals surface area contributed by atoms with E-state index in [1.165, 1.54) is 0 Å². The molecule has 0 spiro atoms. The van der Waals surface area contributed by atoms with Gasteiger partial charge in [0.25, 0.3) is 9.67 Å². The summed E-state index contributed by atoms with van der Waals surface area (Å²) in [7, 11) is 0. The second kappa shape index (κ2) is 5.89. The maximum absolute atomic E-state index is 11.2. The Kier molecular flexibility index (Phi) is 4.22. The number of nitrogens with one attached hydrogen (secondary N) is 2. The predicted octanol–water partition coefficient (Wildman–Crippen LogP) is 1.65. The number of nitrogens with zero attached hydrogens (tertiary/aromatic N) is 2. The van der Waals surface area contributed by atoms with Crippen molar-refractivity contribution in [2.45, 2.75) is 19.3 Å². The third-order valence-corrected chi connectivity index (χ3v) is 2.79. The third-order valence-electron chi connectivity index (χ3n) is 2.44. The zero-order valence-electron chi connectivity index (χ0n) is 9.58. The Labute approximate surface area is 116 Å². The molecule has 0 saturated carbocycles. The molecule has 2 aromatic rings. The van der Waals surface area contributed by atoms with E-state index in [2.05, 4.69) is 20.4 Å². The number of aromatic nitrogens is 4. The third kappa shape index (κ3) is 3.83. The van der Waals surface area contributed by atoms with Crippen LogP contribution in [0.4, 0.5) is 0 Å². The lowest BCUT2D eigenvalue weighted by Gasteiger charge is -2.07. The van der Waals surface area contributed by atoms with Crippen LogP contribution in [0.25, 0.3) is 0 Å². The SMILES string of the molecule is O=C(O)C(CCc1n[nH]c(=S)o1)Cc1n[nH]c(=S)o1. The largest absolute Gasteiger partial charge is 0.481 e. The molecule has 0 aliphatic carbocycles. The van der Waals surface area contributed by atoms with Crippen LogP contribution >= 0.6 is 24.4 Å². The van der Waals surface area contributed by atoms with Crippen LogP contribution in [0.3, 0.4) is 0 Å². The van der Waals surface area contributed by atoms with E-state index < -0.39 is 11.9 Å². The van der Waals surface area contributed by atoms with Gasteiger partial charge in [0.1, 0.15) is 0 Å². The number of aromatic amines is 2.